The van der Waals surface area contributed by atoms with Crippen molar-refractivity contribution in [1.29, 1.82) is 0 Å². The van der Waals surface area contributed by atoms with Crippen molar-refractivity contribution in [3.8, 4) is 0 Å². The molecular weight excluding hydrogens is 336 g/mol. The molecule has 10 heteroatoms. The van der Waals surface area contributed by atoms with Crippen LogP contribution in [-0.4, -0.2) is 36.7 Å². The second-order valence-corrected chi connectivity index (χ2v) is 13.0. The van der Waals surface area contributed by atoms with Gasteiger partial charge >= 0.3 is 21.8 Å². The molecule has 0 bridgehead atoms. The van der Waals surface area contributed by atoms with Crippen molar-refractivity contribution >= 4 is 30.1 Å². The average Bonchev–Trinajstić information content (AvgIpc) is 2.06. The third-order valence-corrected chi connectivity index (χ3v) is 5.86. The molecule has 0 aliphatic carbocycles. The Morgan fingerprint density at radius 2 is 1.48 bits per heavy atom. The van der Waals surface area contributed by atoms with Gasteiger partial charge in [-0.05, 0) is 47.3 Å². The molecule has 126 valence electrons. The van der Waals surface area contributed by atoms with Gasteiger partial charge in [0.05, 0.1) is 0 Å². The third kappa shape index (κ3) is 11.2. The Morgan fingerprint density at radius 3 is 1.86 bits per heavy atom. The second kappa shape index (κ2) is 6.98. The molecule has 0 radical (unpaired) electrons. The van der Waals surface area contributed by atoms with E-state index in [0.717, 1.165) is 0 Å². The molecule has 1 unspecified atom stereocenters. The van der Waals surface area contributed by atoms with Crippen molar-refractivity contribution in [2.24, 2.45) is 0 Å². The van der Waals surface area contributed by atoms with E-state index in [1.54, 1.807) is 33.5 Å². The van der Waals surface area contributed by atoms with E-state index in [-0.39, 0.29) is 0 Å². The Kier molecular flexibility index (Phi) is 6.95. The van der Waals surface area contributed by atoms with Gasteiger partial charge in [-0.1, -0.05) is 12.2 Å². The maximum absolute atomic E-state index is 11.8. The molecule has 0 saturated carbocycles. The normalized spacial score (nSPS) is 16.4. The van der Waals surface area contributed by atoms with E-state index in [0.29, 0.717) is 0 Å². The van der Waals surface area contributed by atoms with Crippen molar-refractivity contribution in [2.45, 2.75) is 58.5 Å². The third-order valence-electron chi connectivity index (χ3n) is 1.84. The first kappa shape index (κ1) is 20.9. The summed E-state index contributed by atoms with van der Waals surface area (Å²) < 4.78 is 57.7. The molecule has 0 saturated heterocycles. The fourth-order valence-electron chi connectivity index (χ4n) is 1.23. The molecule has 0 aromatic heterocycles. The molecule has 1 N–H and O–H groups in total. The number of hydrogen-bond acceptors (Lipinski definition) is 6. The molecule has 0 heterocycles. The quantitative estimate of drug-likeness (QED) is 0.403. The summed E-state index contributed by atoms with van der Waals surface area (Å²) in [6, 6.07) is 0. The van der Waals surface area contributed by atoms with E-state index >= 15 is 0 Å². The molecule has 1 atom stereocenters. The van der Waals surface area contributed by atoms with Crippen molar-refractivity contribution in [2.75, 3.05) is 0 Å². The molecule has 0 fully saturated rings. The molecule has 0 spiro atoms. The summed E-state index contributed by atoms with van der Waals surface area (Å²) in [5.41, 5.74) is -2.24. The van der Waals surface area contributed by atoms with Crippen molar-refractivity contribution in [3.63, 3.8) is 0 Å². The first-order valence-electron chi connectivity index (χ1n) is 6.21. The Balaban J connectivity index is 4.96. The average molecular weight is 361 g/mol. The van der Waals surface area contributed by atoms with Crippen molar-refractivity contribution < 1.29 is 29.4 Å². The molecule has 7 nitrogen and oxygen atoms in total. The number of hydrogen-bond donors (Lipinski definition) is 1. The van der Waals surface area contributed by atoms with Crippen LogP contribution < -0.4 is 0 Å². The van der Waals surface area contributed by atoms with Gasteiger partial charge in [-0.3, -0.25) is 12.6 Å². The summed E-state index contributed by atoms with van der Waals surface area (Å²) in [4.78, 5) is 0. The monoisotopic (exact) mass is 360 g/mol. The maximum Gasteiger partial charge on any atom is 0.390 e. The lowest BCUT2D eigenvalue weighted by molar-refractivity contribution is 0.138. The minimum Gasteiger partial charge on any atom is -0.294 e. The maximum atomic E-state index is 11.8. The van der Waals surface area contributed by atoms with Gasteiger partial charge in [-0.25, -0.2) is 4.18 Å². The summed E-state index contributed by atoms with van der Waals surface area (Å²) in [5.74, 6) is 0. The van der Waals surface area contributed by atoms with E-state index in [4.69, 9.17) is 16.8 Å². The van der Waals surface area contributed by atoms with E-state index < -0.39 is 41.3 Å². The predicted octanol–water partition coefficient (Wildman–Crippen LogP) is 2.37. The topological polar surface area (TPSA) is 99.1 Å². The fourth-order valence-corrected chi connectivity index (χ4v) is 4.82. The molecule has 0 aromatic carbocycles. The molecule has 0 amide bonds. The van der Waals surface area contributed by atoms with E-state index in [9.17, 15) is 12.6 Å². The van der Waals surface area contributed by atoms with Gasteiger partial charge in [0.15, 0.2) is 0 Å². The molecule has 21 heavy (non-hydrogen) atoms. The van der Waals surface area contributed by atoms with Crippen LogP contribution >= 0.6 is 0 Å². The zero-order chi connectivity index (χ0) is 17.1. The standard InChI is InChI=1S/C11H24O7S2Si/c1-10(2,16-19(12)13)8-9-11(3,4)17-20(14,15)18-21(5,6)7/h8-9H,1-7H3,(H,12,13)/b9-8+. The zero-order valence-electron chi connectivity index (χ0n) is 13.4. The van der Waals surface area contributed by atoms with Crippen LogP contribution in [0, 0.1) is 0 Å². The van der Waals surface area contributed by atoms with Crippen LogP contribution in [0.4, 0.5) is 0 Å². The highest BCUT2D eigenvalue weighted by Crippen LogP contribution is 2.22. The van der Waals surface area contributed by atoms with Crippen LogP contribution in [0.25, 0.3) is 0 Å². The summed E-state index contributed by atoms with van der Waals surface area (Å²) in [6.07, 6.45) is 2.89. The van der Waals surface area contributed by atoms with Crippen LogP contribution in [0.1, 0.15) is 27.7 Å². The summed E-state index contributed by atoms with van der Waals surface area (Å²) in [5, 5.41) is 0. The van der Waals surface area contributed by atoms with Gasteiger partial charge in [0.1, 0.15) is 11.2 Å². The van der Waals surface area contributed by atoms with E-state index in [1.807, 2.05) is 0 Å². The molecular formula is C11H24O7S2Si. The lowest BCUT2D eigenvalue weighted by Crippen LogP contribution is -2.35. The fraction of sp³-hybridized carbons (Fsp3) is 0.818. The van der Waals surface area contributed by atoms with E-state index in [2.05, 4.69) is 0 Å². The van der Waals surface area contributed by atoms with Crippen LogP contribution in [0.2, 0.25) is 19.6 Å². The lowest BCUT2D eigenvalue weighted by Gasteiger charge is -2.25. The first-order valence-corrected chi connectivity index (χ1v) is 12.0. The van der Waals surface area contributed by atoms with Gasteiger partial charge in [0.2, 0.25) is 8.32 Å². The summed E-state index contributed by atoms with van der Waals surface area (Å²) >= 11 is -2.43. The predicted molar refractivity (Wildman–Crippen MR) is 83.6 cm³/mol. The largest absolute Gasteiger partial charge is 0.390 e. The molecule has 0 aliphatic rings. The Bertz CT molecular complexity index is 503. The minimum atomic E-state index is -4.13. The zero-order valence-corrected chi connectivity index (χ0v) is 16.0. The summed E-state index contributed by atoms with van der Waals surface area (Å²) in [6.45, 7) is 11.3. The van der Waals surface area contributed by atoms with Crippen LogP contribution in [0.5, 0.6) is 0 Å². The van der Waals surface area contributed by atoms with Crippen LogP contribution in [0.3, 0.4) is 0 Å². The van der Waals surface area contributed by atoms with Gasteiger partial charge in [0, 0.05) is 0 Å². The minimum absolute atomic E-state index is 1.05. The van der Waals surface area contributed by atoms with Crippen LogP contribution in [-0.2, 0) is 34.0 Å². The Hall–Kier alpha value is -0.103. The SMILES string of the molecule is CC(C)(/C=C/C(C)(C)OS(=O)(=O)O[Si](C)(C)C)OS(=O)O. The smallest absolute Gasteiger partial charge is 0.294 e. The molecule has 0 aliphatic heterocycles. The van der Waals surface area contributed by atoms with Crippen molar-refractivity contribution in [3.05, 3.63) is 12.2 Å². The molecule has 0 aromatic rings. The van der Waals surface area contributed by atoms with Gasteiger partial charge < -0.3 is 0 Å². The molecule has 0 rings (SSSR count). The van der Waals surface area contributed by atoms with Crippen LogP contribution in [0.15, 0.2) is 12.2 Å². The highest BCUT2D eigenvalue weighted by molar-refractivity contribution is 7.83. The second-order valence-electron chi connectivity index (χ2n) is 6.53. The van der Waals surface area contributed by atoms with Crippen molar-refractivity contribution in [1.82, 2.24) is 0 Å². The first-order chi connectivity index (χ1) is 9.04. The van der Waals surface area contributed by atoms with Gasteiger partial charge in [0.25, 0.3) is 0 Å². The highest BCUT2D eigenvalue weighted by Gasteiger charge is 2.31. The number of rotatable bonds is 8. The lowest BCUT2D eigenvalue weighted by atomic mass is 10.0. The van der Waals surface area contributed by atoms with Gasteiger partial charge in [-0.15, -0.1) is 0 Å². The van der Waals surface area contributed by atoms with E-state index in [1.165, 1.54) is 26.0 Å². The summed E-state index contributed by atoms with van der Waals surface area (Å²) in [7, 11) is -6.44. The van der Waals surface area contributed by atoms with Gasteiger partial charge in [-0.2, -0.15) is 12.6 Å². The highest BCUT2D eigenvalue weighted by atomic mass is 32.3. The Morgan fingerprint density at radius 1 is 1.05 bits per heavy atom. The Labute approximate surface area is 130 Å².